The second kappa shape index (κ2) is 20.7. The van der Waals surface area contributed by atoms with Gasteiger partial charge in [-0.05, 0) is 132 Å². The molecule has 0 radical (unpaired) electrons. The van der Waals surface area contributed by atoms with Crippen molar-refractivity contribution in [3.8, 4) is 0 Å². The second-order valence-electron chi connectivity index (χ2n) is 17.0. The van der Waals surface area contributed by atoms with Crippen LogP contribution in [0.15, 0.2) is 127 Å². The predicted molar refractivity (Wildman–Crippen MR) is 258 cm³/mol. The zero-order valence-corrected chi connectivity index (χ0v) is 35.7. The first kappa shape index (κ1) is 41.4. The van der Waals surface area contributed by atoms with Gasteiger partial charge in [0.1, 0.15) is 0 Å². The lowest BCUT2D eigenvalue weighted by Crippen LogP contribution is -2.40. The van der Waals surface area contributed by atoms with Crippen LogP contribution in [0, 0.1) is 0 Å². The Morgan fingerprint density at radius 2 is 0.934 bits per heavy atom. The number of nitrogens with zero attached hydrogens (tertiary/aromatic N) is 1. The number of benzene rings is 8. The molecule has 7 nitrogen and oxygen atoms in total. The molecule has 0 aromatic heterocycles. The molecular weight excluding hydrogens is 749 g/mol. The molecule has 0 saturated carbocycles. The Kier molecular flexibility index (Phi) is 14.1. The fourth-order valence-corrected chi connectivity index (χ4v) is 9.20. The van der Waals surface area contributed by atoms with Crippen LogP contribution in [-0.4, -0.2) is 77.0 Å². The SMILES string of the molecule is c1cc2ccc3ccc(CCCCNCCN4CCNCc5ccc6cc(ccc6c5)CNCCOCCNCc5ccc6cc(ccc6c5)CNCC4)c4ccc(c1)c2c34. The van der Waals surface area contributed by atoms with Crippen molar-refractivity contribution in [2.24, 2.45) is 0 Å². The molecule has 8 heterocycles. The number of hydrogen-bond acceptors (Lipinski definition) is 7. The Morgan fingerprint density at radius 3 is 1.49 bits per heavy atom. The first-order chi connectivity index (χ1) is 30.2. The minimum atomic E-state index is 0.707. The number of aryl methyl sites for hydroxylation is 1. The third kappa shape index (κ3) is 10.7. The molecule has 0 atom stereocenters. The summed E-state index contributed by atoms with van der Waals surface area (Å²) in [6.45, 7) is 13.5. The van der Waals surface area contributed by atoms with Gasteiger partial charge in [-0.25, -0.2) is 0 Å². The van der Waals surface area contributed by atoms with Gasteiger partial charge < -0.3 is 31.3 Å². The summed E-state index contributed by atoms with van der Waals surface area (Å²) in [6, 6.07) is 47.9. The van der Waals surface area contributed by atoms with Gasteiger partial charge in [0.15, 0.2) is 0 Å². The molecular formula is C54H62N6O. The van der Waals surface area contributed by atoms with Crippen LogP contribution in [-0.2, 0) is 37.3 Å². The zero-order valence-electron chi connectivity index (χ0n) is 35.7. The number of ether oxygens (including phenoxy) is 1. The maximum absolute atomic E-state index is 5.88. The van der Waals surface area contributed by atoms with Crippen molar-refractivity contribution in [3.63, 3.8) is 0 Å². The smallest absolute Gasteiger partial charge is 0.0591 e. The summed E-state index contributed by atoms with van der Waals surface area (Å²) in [4.78, 5) is 2.61. The molecule has 0 spiro atoms. The Hall–Kier alpha value is -4.96. The molecule has 8 aliphatic rings. The molecule has 0 fully saturated rings. The Morgan fingerprint density at radius 1 is 0.459 bits per heavy atom. The summed E-state index contributed by atoms with van der Waals surface area (Å²) in [6.07, 6.45) is 3.47. The molecule has 8 aliphatic heterocycles. The molecule has 5 N–H and O–H groups in total. The van der Waals surface area contributed by atoms with Gasteiger partial charge in [0, 0.05) is 78.5 Å². The molecule has 314 valence electrons. The predicted octanol–water partition coefficient (Wildman–Crippen LogP) is 8.89. The van der Waals surface area contributed by atoms with Gasteiger partial charge in [0.25, 0.3) is 0 Å². The van der Waals surface area contributed by atoms with Crippen molar-refractivity contribution in [3.05, 3.63) is 155 Å². The molecule has 7 heteroatoms. The second-order valence-corrected chi connectivity index (χ2v) is 17.0. The van der Waals surface area contributed by atoms with E-state index in [9.17, 15) is 0 Å². The maximum Gasteiger partial charge on any atom is 0.0591 e. The fourth-order valence-electron chi connectivity index (χ4n) is 9.20. The number of hydrogen-bond donors (Lipinski definition) is 5. The summed E-state index contributed by atoms with van der Waals surface area (Å²) in [5.41, 5.74) is 6.73. The van der Waals surface area contributed by atoms with Gasteiger partial charge >= 0.3 is 0 Å². The van der Waals surface area contributed by atoms with E-state index < -0.39 is 0 Å². The van der Waals surface area contributed by atoms with E-state index in [0.29, 0.717) is 13.2 Å². The van der Waals surface area contributed by atoms with Crippen LogP contribution in [0.4, 0.5) is 0 Å². The molecule has 0 aliphatic carbocycles. The summed E-state index contributed by atoms with van der Waals surface area (Å²) >= 11 is 0. The van der Waals surface area contributed by atoms with Crippen LogP contribution in [0.1, 0.15) is 40.7 Å². The molecule has 61 heavy (non-hydrogen) atoms. The van der Waals surface area contributed by atoms with Gasteiger partial charge in [-0.3, -0.25) is 4.90 Å². The van der Waals surface area contributed by atoms with Crippen LogP contribution in [0.2, 0.25) is 0 Å². The summed E-state index contributed by atoms with van der Waals surface area (Å²) < 4.78 is 5.88. The van der Waals surface area contributed by atoms with Crippen molar-refractivity contribution in [2.45, 2.75) is 45.4 Å². The zero-order chi connectivity index (χ0) is 41.1. The molecule has 8 aromatic carbocycles. The van der Waals surface area contributed by atoms with Crippen LogP contribution < -0.4 is 26.6 Å². The van der Waals surface area contributed by atoms with Gasteiger partial charge in [0.2, 0.25) is 0 Å². The average Bonchev–Trinajstić information content (AvgIpc) is 3.29. The van der Waals surface area contributed by atoms with Crippen molar-refractivity contribution >= 4 is 53.9 Å². The largest absolute Gasteiger partial charge is 0.379 e. The van der Waals surface area contributed by atoms with Gasteiger partial charge in [-0.15, -0.1) is 0 Å². The minimum absolute atomic E-state index is 0.707. The highest BCUT2D eigenvalue weighted by Gasteiger charge is 2.11. The topological polar surface area (TPSA) is 72.6 Å². The van der Waals surface area contributed by atoms with Gasteiger partial charge in [-0.2, -0.15) is 0 Å². The van der Waals surface area contributed by atoms with E-state index in [0.717, 1.165) is 91.5 Å². The van der Waals surface area contributed by atoms with Crippen LogP contribution in [0.5, 0.6) is 0 Å². The summed E-state index contributed by atoms with van der Waals surface area (Å²) in [5.74, 6) is 0. The molecule has 0 saturated heterocycles. The average molecular weight is 811 g/mol. The quantitative estimate of drug-likeness (QED) is 0.0777. The normalized spacial score (nSPS) is 16.1. The van der Waals surface area contributed by atoms with Crippen LogP contribution in [0.25, 0.3) is 53.9 Å². The standard InChI is InChI=1S/C54H62N6O/c1(4-44-15-16-47-18-17-45-5-3-6-46-19-20-52(44)54(47)53(45)46)2-21-55-22-27-60-28-23-56-36-40-7-11-50-34-42(9-13-48(50)32-40)38-58-25-30-61-31-26-59-39-43-10-14-49-33-41(37-57-24-29-60)8-12-51(49)35-43/h3,5-20,32-35,55-59H,1-2,4,21-31,36-39H2. The fraction of sp³-hybridized carbons (Fsp3) is 0.333. The minimum Gasteiger partial charge on any atom is -0.379 e. The van der Waals surface area contributed by atoms with E-state index in [2.05, 4.69) is 159 Å². The maximum atomic E-state index is 5.88. The third-order valence-corrected chi connectivity index (χ3v) is 12.6. The van der Waals surface area contributed by atoms with Crippen molar-refractivity contribution in [1.29, 1.82) is 0 Å². The van der Waals surface area contributed by atoms with Crippen LogP contribution >= 0.6 is 0 Å². The lowest BCUT2D eigenvalue weighted by Gasteiger charge is -2.23. The molecule has 0 amide bonds. The van der Waals surface area contributed by atoms with Gasteiger partial charge in [0.05, 0.1) is 13.2 Å². The Labute approximate surface area is 361 Å². The Balaban J connectivity index is 0.786. The van der Waals surface area contributed by atoms with E-state index in [1.165, 1.54) is 94.5 Å². The highest BCUT2D eigenvalue weighted by Crippen LogP contribution is 2.36. The summed E-state index contributed by atoms with van der Waals surface area (Å²) in [5, 5.41) is 31.8. The van der Waals surface area contributed by atoms with E-state index in [4.69, 9.17) is 4.74 Å². The van der Waals surface area contributed by atoms with E-state index in [-0.39, 0.29) is 0 Å². The monoisotopic (exact) mass is 810 g/mol. The molecule has 8 bridgehead atoms. The number of nitrogens with one attached hydrogen (secondary N) is 5. The lowest BCUT2D eigenvalue weighted by atomic mass is 9.90. The lowest BCUT2D eigenvalue weighted by molar-refractivity contribution is 0.137. The third-order valence-electron chi connectivity index (χ3n) is 12.6. The number of unbranched alkanes of at least 4 members (excludes halogenated alkanes) is 1. The van der Waals surface area contributed by atoms with E-state index in [1.807, 2.05) is 0 Å². The van der Waals surface area contributed by atoms with E-state index >= 15 is 0 Å². The molecule has 8 aromatic rings. The van der Waals surface area contributed by atoms with Crippen LogP contribution in [0.3, 0.4) is 0 Å². The Bertz CT molecular complexity index is 2540. The summed E-state index contributed by atoms with van der Waals surface area (Å²) in [7, 11) is 0. The number of rotatable bonds is 8. The highest BCUT2D eigenvalue weighted by atomic mass is 16.5. The highest BCUT2D eigenvalue weighted by molar-refractivity contribution is 6.23. The van der Waals surface area contributed by atoms with E-state index in [1.54, 1.807) is 0 Å². The van der Waals surface area contributed by atoms with Gasteiger partial charge in [-0.1, -0.05) is 103 Å². The van der Waals surface area contributed by atoms with Crippen molar-refractivity contribution < 1.29 is 4.74 Å². The van der Waals surface area contributed by atoms with Crippen molar-refractivity contribution in [1.82, 2.24) is 31.5 Å². The van der Waals surface area contributed by atoms with Crippen molar-refractivity contribution in [2.75, 3.05) is 72.1 Å². The first-order valence-corrected chi connectivity index (χ1v) is 22.8. The molecule has 16 rings (SSSR count). The first-order valence-electron chi connectivity index (χ1n) is 22.8. The molecule has 0 unspecified atom stereocenters.